The lowest BCUT2D eigenvalue weighted by molar-refractivity contribution is -0.384. The molecular weight excluding hydrogens is 306 g/mol. The van der Waals surface area contributed by atoms with Crippen LogP contribution >= 0.6 is 11.8 Å². The maximum absolute atomic E-state index is 11.6. The van der Waals surface area contributed by atoms with E-state index in [1.54, 1.807) is 23.9 Å². The molecule has 0 N–H and O–H groups in total. The molecule has 0 aliphatic rings. The molecule has 2 aromatic rings. The fraction of sp³-hybridized carbons (Fsp3) is 0.133. The zero-order valence-corrected chi connectivity index (χ0v) is 12.5. The molecular formula is C15H13NO5S. The van der Waals surface area contributed by atoms with Crippen LogP contribution < -0.4 is 9.47 Å². The van der Waals surface area contributed by atoms with E-state index in [1.807, 2.05) is 12.1 Å². The van der Waals surface area contributed by atoms with Gasteiger partial charge in [-0.25, -0.2) is 4.79 Å². The van der Waals surface area contributed by atoms with Gasteiger partial charge in [-0.3, -0.25) is 10.1 Å². The van der Waals surface area contributed by atoms with Crippen molar-refractivity contribution < 1.29 is 19.2 Å². The standard InChI is InChI=1S/C15H13NO5S/c1-2-22-14-9-7-13(8-10-14)21-15(17)20-12-5-3-11(4-6-12)16(18)19/h3-10H,2H2,1H3. The Hall–Kier alpha value is -2.54. The Morgan fingerprint density at radius 2 is 1.55 bits per heavy atom. The monoisotopic (exact) mass is 319 g/mol. The van der Waals surface area contributed by atoms with E-state index in [0.29, 0.717) is 5.75 Å². The van der Waals surface area contributed by atoms with Crippen molar-refractivity contribution in [2.75, 3.05) is 5.75 Å². The highest BCUT2D eigenvalue weighted by Crippen LogP contribution is 2.22. The van der Waals surface area contributed by atoms with Gasteiger partial charge in [-0.2, -0.15) is 0 Å². The molecule has 0 radical (unpaired) electrons. The normalized spacial score (nSPS) is 10.0. The van der Waals surface area contributed by atoms with Crippen LogP contribution in [-0.4, -0.2) is 16.8 Å². The van der Waals surface area contributed by atoms with Crippen molar-refractivity contribution in [1.82, 2.24) is 0 Å². The van der Waals surface area contributed by atoms with Crippen molar-refractivity contribution in [2.24, 2.45) is 0 Å². The third-order valence-electron chi connectivity index (χ3n) is 2.58. The van der Waals surface area contributed by atoms with Crippen LogP contribution in [0.4, 0.5) is 10.5 Å². The minimum Gasteiger partial charge on any atom is -0.395 e. The van der Waals surface area contributed by atoms with E-state index in [2.05, 4.69) is 6.92 Å². The molecule has 0 saturated heterocycles. The van der Waals surface area contributed by atoms with Crippen molar-refractivity contribution in [3.05, 3.63) is 58.6 Å². The van der Waals surface area contributed by atoms with E-state index < -0.39 is 11.1 Å². The van der Waals surface area contributed by atoms with Crippen molar-refractivity contribution in [1.29, 1.82) is 0 Å². The summed E-state index contributed by atoms with van der Waals surface area (Å²) in [6, 6.07) is 12.2. The van der Waals surface area contributed by atoms with E-state index in [0.717, 1.165) is 10.6 Å². The van der Waals surface area contributed by atoms with Crippen molar-refractivity contribution >= 4 is 23.6 Å². The van der Waals surface area contributed by atoms with Gasteiger partial charge in [-0.1, -0.05) is 6.92 Å². The summed E-state index contributed by atoms with van der Waals surface area (Å²) in [5.41, 5.74) is -0.0790. The molecule has 0 fully saturated rings. The minimum atomic E-state index is -0.898. The summed E-state index contributed by atoms with van der Waals surface area (Å²) in [5, 5.41) is 10.5. The van der Waals surface area contributed by atoms with Crippen LogP contribution in [0, 0.1) is 10.1 Å². The molecule has 0 aliphatic carbocycles. The number of non-ortho nitro benzene ring substituents is 1. The van der Waals surface area contributed by atoms with Gasteiger partial charge in [0.2, 0.25) is 0 Å². The quantitative estimate of drug-likeness (QED) is 0.269. The van der Waals surface area contributed by atoms with E-state index in [9.17, 15) is 14.9 Å². The molecule has 6 nitrogen and oxygen atoms in total. The summed E-state index contributed by atoms with van der Waals surface area (Å²) >= 11 is 1.68. The van der Waals surface area contributed by atoms with Crippen LogP contribution in [0.2, 0.25) is 0 Å². The first-order valence-electron chi connectivity index (χ1n) is 6.45. The molecule has 0 aromatic heterocycles. The highest BCUT2D eigenvalue weighted by molar-refractivity contribution is 7.99. The summed E-state index contributed by atoms with van der Waals surface area (Å²) in [4.78, 5) is 22.7. The number of benzene rings is 2. The lowest BCUT2D eigenvalue weighted by Crippen LogP contribution is -2.13. The molecule has 0 saturated carbocycles. The summed E-state index contributed by atoms with van der Waals surface area (Å²) in [5.74, 6) is 1.50. The molecule has 22 heavy (non-hydrogen) atoms. The SMILES string of the molecule is CCSc1ccc(OC(=O)Oc2ccc([N+](=O)[O-])cc2)cc1. The van der Waals surface area contributed by atoms with Gasteiger partial charge in [-0.05, 0) is 42.2 Å². The van der Waals surface area contributed by atoms with Crippen molar-refractivity contribution in [3.63, 3.8) is 0 Å². The first kappa shape index (κ1) is 15.8. The second-order valence-electron chi connectivity index (χ2n) is 4.11. The number of ether oxygens (including phenoxy) is 2. The number of carbonyl (C=O) groups excluding carboxylic acids is 1. The van der Waals surface area contributed by atoms with Gasteiger partial charge in [0, 0.05) is 17.0 Å². The van der Waals surface area contributed by atoms with Crippen LogP contribution in [0.25, 0.3) is 0 Å². The fourth-order valence-corrected chi connectivity index (χ4v) is 2.28. The minimum absolute atomic E-state index is 0.0790. The first-order chi connectivity index (χ1) is 10.6. The number of thioether (sulfide) groups is 1. The summed E-state index contributed by atoms with van der Waals surface area (Å²) in [6.07, 6.45) is -0.898. The average Bonchev–Trinajstić information content (AvgIpc) is 2.50. The second-order valence-corrected chi connectivity index (χ2v) is 5.45. The zero-order valence-electron chi connectivity index (χ0n) is 11.7. The van der Waals surface area contributed by atoms with Crippen LogP contribution in [-0.2, 0) is 0 Å². The number of rotatable bonds is 5. The molecule has 0 heterocycles. The topological polar surface area (TPSA) is 78.7 Å². The molecule has 0 amide bonds. The smallest absolute Gasteiger partial charge is 0.395 e. The largest absolute Gasteiger partial charge is 0.519 e. The molecule has 114 valence electrons. The van der Waals surface area contributed by atoms with Gasteiger partial charge in [0.25, 0.3) is 5.69 Å². The zero-order chi connectivity index (χ0) is 15.9. The third-order valence-corrected chi connectivity index (χ3v) is 3.48. The summed E-state index contributed by atoms with van der Waals surface area (Å²) < 4.78 is 9.97. The number of nitro groups is 1. The average molecular weight is 319 g/mol. The summed E-state index contributed by atoms with van der Waals surface area (Å²) in [6.45, 7) is 2.05. The fourth-order valence-electron chi connectivity index (χ4n) is 1.62. The highest BCUT2D eigenvalue weighted by atomic mass is 32.2. The number of hydrogen-bond acceptors (Lipinski definition) is 6. The van der Waals surface area contributed by atoms with Crippen LogP contribution in [0.15, 0.2) is 53.4 Å². The van der Waals surface area contributed by atoms with Gasteiger partial charge < -0.3 is 9.47 Å². The predicted molar refractivity (Wildman–Crippen MR) is 82.6 cm³/mol. The molecule has 0 spiro atoms. The molecule has 0 bridgehead atoms. The Morgan fingerprint density at radius 1 is 1.05 bits per heavy atom. The lowest BCUT2D eigenvalue weighted by Gasteiger charge is -2.06. The highest BCUT2D eigenvalue weighted by Gasteiger charge is 2.10. The van der Waals surface area contributed by atoms with E-state index in [4.69, 9.17) is 9.47 Å². The van der Waals surface area contributed by atoms with Crippen LogP contribution in [0.3, 0.4) is 0 Å². The van der Waals surface area contributed by atoms with Crippen molar-refractivity contribution in [2.45, 2.75) is 11.8 Å². The molecule has 7 heteroatoms. The molecule has 2 aromatic carbocycles. The lowest BCUT2D eigenvalue weighted by atomic mass is 10.3. The van der Waals surface area contributed by atoms with E-state index in [1.165, 1.54) is 24.3 Å². The number of nitro benzene ring substituents is 1. The number of nitrogens with zero attached hydrogens (tertiary/aromatic N) is 1. The van der Waals surface area contributed by atoms with Gasteiger partial charge in [0.1, 0.15) is 11.5 Å². The van der Waals surface area contributed by atoms with Gasteiger partial charge in [-0.15, -0.1) is 11.8 Å². The Kier molecular flexibility index (Phi) is 5.37. The maximum atomic E-state index is 11.6. The maximum Gasteiger partial charge on any atom is 0.519 e. The van der Waals surface area contributed by atoms with Gasteiger partial charge in [0.05, 0.1) is 4.92 Å². The Morgan fingerprint density at radius 3 is 2.00 bits per heavy atom. The van der Waals surface area contributed by atoms with Gasteiger partial charge >= 0.3 is 6.16 Å². The Balaban J connectivity index is 1.93. The van der Waals surface area contributed by atoms with E-state index >= 15 is 0 Å². The number of hydrogen-bond donors (Lipinski definition) is 0. The first-order valence-corrected chi connectivity index (χ1v) is 7.44. The van der Waals surface area contributed by atoms with E-state index in [-0.39, 0.29) is 11.4 Å². The molecule has 0 unspecified atom stereocenters. The van der Waals surface area contributed by atoms with Gasteiger partial charge in [0.15, 0.2) is 0 Å². The molecule has 0 aliphatic heterocycles. The number of carbonyl (C=O) groups is 1. The Labute approximate surface area is 131 Å². The Bertz CT molecular complexity index is 655. The molecule has 0 atom stereocenters. The van der Waals surface area contributed by atoms with Crippen LogP contribution in [0.5, 0.6) is 11.5 Å². The van der Waals surface area contributed by atoms with Crippen LogP contribution in [0.1, 0.15) is 6.92 Å². The summed E-state index contributed by atoms with van der Waals surface area (Å²) in [7, 11) is 0. The predicted octanol–water partition coefficient (Wildman–Crippen LogP) is 4.28. The second kappa shape index (κ2) is 7.46. The third kappa shape index (κ3) is 4.49. The molecule has 2 rings (SSSR count). The van der Waals surface area contributed by atoms with Crippen molar-refractivity contribution in [3.8, 4) is 11.5 Å².